The molecule has 0 fully saturated rings. The molecule has 0 saturated heterocycles. The van der Waals surface area contributed by atoms with E-state index in [1.54, 1.807) is 32.2 Å². The predicted molar refractivity (Wildman–Crippen MR) is 94.0 cm³/mol. The van der Waals surface area contributed by atoms with Crippen LogP contribution in [0.5, 0.6) is 17.2 Å². The second-order valence-electron chi connectivity index (χ2n) is 5.94. The molecule has 0 aromatic heterocycles. The van der Waals surface area contributed by atoms with Gasteiger partial charge in [0.2, 0.25) is 10.0 Å². The van der Waals surface area contributed by atoms with E-state index in [0.717, 1.165) is 5.56 Å². The molecule has 25 heavy (non-hydrogen) atoms. The maximum absolute atomic E-state index is 12.6. The van der Waals surface area contributed by atoms with Gasteiger partial charge >= 0.3 is 0 Å². The topological polar surface area (TPSA) is 73.9 Å². The van der Waals surface area contributed by atoms with Crippen molar-refractivity contribution < 1.29 is 22.6 Å². The molecule has 134 valence electrons. The van der Waals surface area contributed by atoms with Gasteiger partial charge in [-0.3, -0.25) is 0 Å². The average molecular weight is 363 g/mol. The number of fused-ring (bicyclic) bond motifs is 1. The second-order valence-corrected chi connectivity index (χ2v) is 7.67. The first kappa shape index (κ1) is 17.6. The van der Waals surface area contributed by atoms with Crippen molar-refractivity contribution in [3.05, 3.63) is 47.5 Å². The molecule has 0 bridgehead atoms. The number of para-hydroxylation sites is 2. The van der Waals surface area contributed by atoms with Crippen molar-refractivity contribution in [3.8, 4) is 17.2 Å². The van der Waals surface area contributed by atoms with E-state index in [0.29, 0.717) is 29.4 Å². The van der Waals surface area contributed by atoms with Crippen molar-refractivity contribution in [2.24, 2.45) is 0 Å². The Labute approximate surface area is 147 Å². The smallest absolute Gasteiger partial charge is 0.240 e. The zero-order valence-electron chi connectivity index (χ0n) is 14.4. The van der Waals surface area contributed by atoms with Gasteiger partial charge in [-0.05, 0) is 49.2 Å². The molecule has 0 spiro atoms. The Kier molecular flexibility index (Phi) is 4.87. The molecule has 2 aromatic rings. The number of nitrogens with one attached hydrogen (secondary N) is 1. The second kappa shape index (κ2) is 6.93. The first-order valence-electron chi connectivity index (χ1n) is 7.94. The molecule has 1 aliphatic rings. The summed E-state index contributed by atoms with van der Waals surface area (Å²) < 4.78 is 44.5. The van der Waals surface area contributed by atoms with Gasteiger partial charge in [0.05, 0.1) is 18.6 Å². The molecular formula is C18H21NO5S. The van der Waals surface area contributed by atoms with Crippen LogP contribution in [0.4, 0.5) is 0 Å². The zero-order chi connectivity index (χ0) is 18.0. The molecule has 1 N–H and O–H groups in total. The fourth-order valence-corrected chi connectivity index (χ4v) is 4.09. The van der Waals surface area contributed by atoms with E-state index in [1.807, 2.05) is 25.1 Å². The van der Waals surface area contributed by atoms with Crippen molar-refractivity contribution in [3.63, 3.8) is 0 Å². The van der Waals surface area contributed by atoms with Crippen LogP contribution in [0.3, 0.4) is 0 Å². The van der Waals surface area contributed by atoms with E-state index >= 15 is 0 Å². The van der Waals surface area contributed by atoms with Gasteiger partial charge in [0.15, 0.2) is 11.5 Å². The average Bonchev–Trinajstić information content (AvgIpc) is 2.61. The summed E-state index contributed by atoms with van der Waals surface area (Å²) >= 11 is 0. The Morgan fingerprint density at radius 1 is 1.16 bits per heavy atom. The summed E-state index contributed by atoms with van der Waals surface area (Å²) in [6, 6.07) is 10.7. The molecule has 0 aliphatic carbocycles. The van der Waals surface area contributed by atoms with Crippen LogP contribution in [0.15, 0.2) is 41.3 Å². The predicted octanol–water partition coefficient (Wildman–Crippen LogP) is 2.43. The Morgan fingerprint density at radius 2 is 1.88 bits per heavy atom. The van der Waals surface area contributed by atoms with Crippen molar-refractivity contribution >= 4 is 10.0 Å². The standard InChI is InChI=1S/C18H21NO5S/c1-12-9-18(13(2)8-17(12)22-3)25(20,21)19-10-14-11-23-15-6-4-5-7-16(15)24-14/h4-9,14,19H,10-11H2,1-3H3. The summed E-state index contributed by atoms with van der Waals surface area (Å²) in [6.45, 7) is 3.97. The van der Waals surface area contributed by atoms with Gasteiger partial charge in [-0.1, -0.05) is 12.1 Å². The molecule has 7 heteroatoms. The number of ether oxygens (including phenoxy) is 3. The summed E-state index contributed by atoms with van der Waals surface area (Å²) in [6.07, 6.45) is -0.385. The van der Waals surface area contributed by atoms with Crippen LogP contribution in [0, 0.1) is 13.8 Å². The molecular weight excluding hydrogens is 342 g/mol. The van der Waals surface area contributed by atoms with Crippen LogP contribution in [-0.2, 0) is 10.0 Å². The van der Waals surface area contributed by atoms with E-state index in [1.165, 1.54) is 0 Å². The fourth-order valence-electron chi connectivity index (χ4n) is 2.72. The molecule has 1 atom stereocenters. The highest BCUT2D eigenvalue weighted by Gasteiger charge is 2.24. The molecule has 1 unspecified atom stereocenters. The Balaban J connectivity index is 1.72. The summed E-state index contributed by atoms with van der Waals surface area (Å²) in [4.78, 5) is 0.239. The highest BCUT2D eigenvalue weighted by molar-refractivity contribution is 7.89. The fraction of sp³-hybridized carbons (Fsp3) is 0.333. The van der Waals surface area contributed by atoms with Crippen LogP contribution in [0.2, 0.25) is 0 Å². The lowest BCUT2D eigenvalue weighted by atomic mass is 10.1. The van der Waals surface area contributed by atoms with Gasteiger partial charge in [0, 0.05) is 0 Å². The lowest BCUT2D eigenvalue weighted by Crippen LogP contribution is -2.40. The van der Waals surface area contributed by atoms with Crippen molar-refractivity contribution in [1.82, 2.24) is 4.72 Å². The molecule has 0 radical (unpaired) electrons. The third kappa shape index (κ3) is 3.72. The number of methoxy groups -OCH3 is 1. The van der Waals surface area contributed by atoms with Crippen LogP contribution < -0.4 is 18.9 Å². The number of sulfonamides is 1. The molecule has 0 saturated carbocycles. The monoisotopic (exact) mass is 363 g/mol. The molecule has 6 nitrogen and oxygen atoms in total. The van der Waals surface area contributed by atoms with Crippen molar-refractivity contribution in [2.75, 3.05) is 20.3 Å². The number of benzene rings is 2. The minimum absolute atomic E-state index is 0.126. The summed E-state index contributed by atoms with van der Waals surface area (Å²) in [5.74, 6) is 1.95. The molecule has 3 rings (SSSR count). The van der Waals surface area contributed by atoms with Crippen LogP contribution in [0.25, 0.3) is 0 Å². The van der Waals surface area contributed by atoms with Gasteiger partial charge in [-0.25, -0.2) is 13.1 Å². The summed E-state index contributed by atoms with van der Waals surface area (Å²) in [5.41, 5.74) is 1.39. The first-order valence-corrected chi connectivity index (χ1v) is 9.42. The van der Waals surface area contributed by atoms with E-state index < -0.39 is 10.0 Å². The Hall–Kier alpha value is -2.25. The van der Waals surface area contributed by atoms with Crippen LogP contribution in [-0.4, -0.2) is 34.8 Å². The summed E-state index contributed by atoms with van der Waals surface area (Å²) in [5, 5.41) is 0. The van der Waals surface area contributed by atoms with Gasteiger partial charge in [0.1, 0.15) is 18.5 Å². The highest BCUT2D eigenvalue weighted by atomic mass is 32.2. The SMILES string of the molecule is COc1cc(C)c(S(=O)(=O)NCC2COc3ccccc3O2)cc1C. The van der Waals surface area contributed by atoms with E-state index in [9.17, 15) is 8.42 Å². The Morgan fingerprint density at radius 3 is 2.60 bits per heavy atom. The number of rotatable bonds is 5. The lowest BCUT2D eigenvalue weighted by Gasteiger charge is -2.26. The minimum Gasteiger partial charge on any atom is -0.496 e. The van der Waals surface area contributed by atoms with Gasteiger partial charge in [0.25, 0.3) is 0 Å². The van der Waals surface area contributed by atoms with Gasteiger partial charge in [-0.2, -0.15) is 0 Å². The quantitative estimate of drug-likeness (QED) is 0.883. The van der Waals surface area contributed by atoms with E-state index in [-0.39, 0.29) is 17.5 Å². The van der Waals surface area contributed by atoms with Gasteiger partial charge in [-0.15, -0.1) is 0 Å². The number of hydrogen-bond donors (Lipinski definition) is 1. The van der Waals surface area contributed by atoms with Crippen LogP contribution >= 0.6 is 0 Å². The van der Waals surface area contributed by atoms with Gasteiger partial charge < -0.3 is 14.2 Å². The maximum Gasteiger partial charge on any atom is 0.240 e. The van der Waals surface area contributed by atoms with Crippen molar-refractivity contribution in [1.29, 1.82) is 0 Å². The third-order valence-electron chi connectivity index (χ3n) is 4.05. The highest BCUT2D eigenvalue weighted by Crippen LogP contribution is 2.31. The van der Waals surface area contributed by atoms with Crippen molar-refractivity contribution in [2.45, 2.75) is 24.8 Å². The zero-order valence-corrected chi connectivity index (χ0v) is 15.2. The number of aryl methyl sites for hydroxylation is 2. The van der Waals surface area contributed by atoms with E-state index in [2.05, 4.69) is 4.72 Å². The largest absolute Gasteiger partial charge is 0.496 e. The Bertz CT molecular complexity index is 879. The lowest BCUT2D eigenvalue weighted by molar-refractivity contribution is 0.0943. The van der Waals surface area contributed by atoms with Crippen LogP contribution in [0.1, 0.15) is 11.1 Å². The first-order chi connectivity index (χ1) is 11.9. The molecule has 1 aliphatic heterocycles. The summed E-state index contributed by atoms with van der Waals surface area (Å²) in [7, 11) is -2.09. The maximum atomic E-state index is 12.6. The normalized spacial score (nSPS) is 16.5. The molecule has 1 heterocycles. The molecule has 0 amide bonds. The third-order valence-corrected chi connectivity index (χ3v) is 5.62. The molecule has 2 aromatic carbocycles. The van der Waals surface area contributed by atoms with E-state index in [4.69, 9.17) is 14.2 Å². The number of hydrogen-bond acceptors (Lipinski definition) is 5. The minimum atomic E-state index is -3.66.